The average Bonchev–Trinajstić information content (AvgIpc) is 2.61. The van der Waals surface area contributed by atoms with Crippen LogP contribution in [0.15, 0.2) is 24.5 Å². The normalized spacial score (nSPS) is 15.3. The summed E-state index contributed by atoms with van der Waals surface area (Å²) >= 11 is 0. The van der Waals surface area contributed by atoms with Crippen molar-refractivity contribution in [2.45, 2.75) is 45.1 Å². The van der Waals surface area contributed by atoms with E-state index in [2.05, 4.69) is 10.3 Å². The molecule has 1 heterocycles. The summed E-state index contributed by atoms with van der Waals surface area (Å²) in [6.07, 6.45) is 11.3. The molecular weight excluding hydrogens is 290 g/mol. The third kappa shape index (κ3) is 6.57. The molecule has 1 aliphatic carbocycles. The number of nitrogens with zero attached hydrogens (tertiary/aromatic N) is 2. The summed E-state index contributed by atoms with van der Waals surface area (Å²) in [6, 6.07) is 3.83. The van der Waals surface area contributed by atoms with Crippen LogP contribution in [0.25, 0.3) is 0 Å². The van der Waals surface area contributed by atoms with Crippen LogP contribution < -0.4 is 5.32 Å². The van der Waals surface area contributed by atoms with Crippen molar-refractivity contribution in [3.05, 3.63) is 30.1 Å². The van der Waals surface area contributed by atoms with E-state index in [1.807, 2.05) is 17.0 Å². The Labute approximate surface area is 139 Å². The number of hydrogen-bond donors (Lipinski definition) is 1. The Balaban J connectivity index is 1.79. The highest BCUT2D eigenvalue weighted by atomic mass is 16.5. The summed E-state index contributed by atoms with van der Waals surface area (Å²) < 4.78 is 5.15. The van der Waals surface area contributed by atoms with Crippen molar-refractivity contribution in [1.82, 2.24) is 15.2 Å². The molecule has 5 heteroatoms. The zero-order valence-electron chi connectivity index (χ0n) is 14.2. The van der Waals surface area contributed by atoms with Crippen molar-refractivity contribution >= 4 is 6.03 Å². The lowest BCUT2D eigenvalue weighted by molar-refractivity contribution is 0.144. The lowest BCUT2D eigenvalue weighted by Gasteiger charge is -2.27. The topological polar surface area (TPSA) is 54.5 Å². The molecule has 1 aliphatic rings. The van der Waals surface area contributed by atoms with Crippen molar-refractivity contribution in [2.75, 3.05) is 26.8 Å². The molecule has 1 fully saturated rings. The number of pyridine rings is 1. The predicted octanol–water partition coefficient (Wildman–Crippen LogP) is 3.21. The molecule has 128 valence electrons. The fourth-order valence-electron chi connectivity index (χ4n) is 3.12. The van der Waals surface area contributed by atoms with Crippen LogP contribution in [0.2, 0.25) is 0 Å². The van der Waals surface area contributed by atoms with Gasteiger partial charge in [0.15, 0.2) is 0 Å². The first-order valence-electron chi connectivity index (χ1n) is 8.70. The number of urea groups is 1. The maximum Gasteiger partial charge on any atom is 0.317 e. The van der Waals surface area contributed by atoms with Crippen molar-refractivity contribution in [1.29, 1.82) is 0 Å². The van der Waals surface area contributed by atoms with Gasteiger partial charge >= 0.3 is 6.03 Å². The maximum absolute atomic E-state index is 12.4. The number of carbonyl (C=O) groups excluding carboxylic acids is 1. The summed E-state index contributed by atoms with van der Waals surface area (Å²) in [5, 5.41) is 3.00. The van der Waals surface area contributed by atoms with Crippen molar-refractivity contribution < 1.29 is 9.53 Å². The molecule has 0 atom stereocenters. The summed E-state index contributed by atoms with van der Waals surface area (Å²) in [7, 11) is 1.67. The van der Waals surface area contributed by atoms with Gasteiger partial charge in [-0.15, -0.1) is 0 Å². The summed E-state index contributed by atoms with van der Waals surface area (Å²) in [5.41, 5.74) is 1.06. The van der Waals surface area contributed by atoms with Gasteiger partial charge in [-0.1, -0.05) is 32.1 Å². The minimum Gasteiger partial charge on any atom is -0.383 e. The van der Waals surface area contributed by atoms with Crippen LogP contribution in [0.3, 0.4) is 0 Å². The highest BCUT2D eigenvalue weighted by Crippen LogP contribution is 2.26. The van der Waals surface area contributed by atoms with Crippen LogP contribution >= 0.6 is 0 Å². The van der Waals surface area contributed by atoms with Crippen LogP contribution in [0.5, 0.6) is 0 Å². The van der Waals surface area contributed by atoms with E-state index < -0.39 is 0 Å². The molecule has 0 radical (unpaired) electrons. The number of methoxy groups -OCH3 is 1. The van der Waals surface area contributed by atoms with E-state index in [9.17, 15) is 4.79 Å². The molecule has 1 saturated carbocycles. The molecule has 1 aromatic rings. The Morgan fingerprint density at radius 1 is 1.26 bits per heavy atom. The van der Waals surface area contributed by atoms with Crippen molar-refractivity contribution in [3.63, 3.8) is 0 Å². The van der Waals surface area contributed by atoms with E-state index in [1.54, 1.807) is 19.5 Å². The first-order valence-corrected chi connectivity index (χ1v) is 8.70. The van der Waals surface area contributed by atoms with Crippen LogP contribution in [0, 0.1) is 5.92 Å². The minimum atomic E-state index is -0.00493. The van der Waals surface area contributed by atoms with E-state index in [4.69, 9.17) is 4.74 Å². The van der Waals surface area contributed by atoms with Gasteiger partial charge in [-0.3, -0.25) is 4.98 Å². The molecule has 23 heavy (non-hydrogen) atoms. The number of amides is 2. The van der Waals surface area contributed by atoms with E-state index in [0.717, 1.165) is 24.4 Å². The monoisotopic (exact) mass is 319 g/mol. The number of rotatable bonds is 8. The molecule has 0 spiro atoms. The summed E-state index contributed by atoms with van der Waals surface area (Å²) in [6.45, 7) is 2.57. The average molecular weight is 319 g/mol. The SMILES string of the molecule is COCCN(CCC1CCCCC1)C(=O)NCc1ccncc1. The van der Waals surface area contributed by atoms with Crippen LogP contribution in [0.1, 0.15) is 44.1 Å². The number of hydrogen-bond acceptors (Lipinski definition) is 3. The third-order valence-electron chi connectivity index (χ3n) is 4.58. The Bertz CT molecular complexity index is 447. The van der Waals surface area contributed by atoms with Crippen LogP contribution in [-0.2, 0) is 11.3 Å². The highest BCUT2D eigenvalue weighted by Gasteiger charge is 2.18. The lowest BCUT2D eigenvalue weighted by atomic mass is 9.87. The van der Waals surface area contributed by atoms with Gasteiger partial charge in [-0.05, 0) is 30.0 Å². The Morgan fingerprint density at radius 3 is 2.70 bits per heavy atom. The maximum atomic E-state index is 12.4. The second-order valence-corrected chi connectivity index (χ2v) is 6.29. The fourth-order valence-corrected chi connectivity index (χ4v) is 3.12. The molecule has 2 amide bonds. The molecule has 5 nitrogen and oxygen atoms in total. The zero-order chi connectivity index (χ0) is 16.3. The number of ether oxygens (including phenoxy) is 1. The van der Waals surface area contributed by atoms with Crippen LogP contribution in [-0.4, -0.2) is 42.7 Å². The molecule has 0 bridgehead atoms. The second kappa shape index (κ2) is 10.2. The molecular formula is C18H29N3O2. The van der Waals surface area contributed by atoms with Gasteiger partial charge < -0.3 is 15.0 Å². The predicted molar refractivity (Wildman–Crippen MR) is 91.1 cm³/mol. The van der Waals surface area contributed by atoms with Crippen molar-refractivity contribution in [2.24, 2.45) is 5.92 Å². The summed E-state index contributed by atoms with van der Waals surface area (Å²) in [4.78, 5) is 18.3. The van der Waals surface area contributed by atoms with Gasteiger partial charge in [0.2, 0.25) is 0 Å². The van der Waals surface area contributed by atoms with Gasteiger partial charge in [-0.25, -0.2) is 4.79 Å². The molecule has 0 aliphatic heterocycles. The smallest absolute Gasteiger partial charge is 0.317 e. The first kappa shape index (κ1) is 17.7. The molecule has 0 unspecified atom stereocenters. The van der Waals surface area contributed by atoms with Gasteiger partial charge in [-0.2, -0.15) is 0 Å². The Kier molecular flexibility index (Phi) is 7.87. The number of nitrogens with one attached hydrogen (secondary N) is 1. The van der Waals surface area contributed by atoms with Crippen LogP contribution in [0.4, 0.5) is 4.79 Å². The van der Waals surface area contributed by atoms with E-state index in [1.165, 1.54) is 32.1 Å². The molecule has 0 saturated heterocycles. The quantitative estimate of drug-likeness (QED) is 0.800. The zero-order valence-corrected chi connectivity index (χ0v) is 14.2. The molecule has 1 aromatic heterocycles. The van der Waals surface area contributed by atoms with E-state index >= 15 is 0 Å². The fraction of sp³-hybridized carbons (Fsp3) is 0.667. The number of carbonyl (C=O) groups is 1. The van der Waals surface area contributed by atoms with Gasteiger partial charge in [0.1, 0.15) is 0 Å². The largest absolute Gasteiger partial charge is 0.383 e. The Morgan fingerprint density at radius 2 is 2.00 bits per heavy atom. The standard InChI is InChI=1S/C18H29N3O2/c1-23-14-13-21(12-9-16-5-3-2-4-6-16)18(22)20-15-17-7-10-19-11-8-17/h7-8,10-11,16H,2-6,9,12-15H2,1H3,(H,20,22). The van der Waals surface area contributed by atoms with Gasteiger partial charge in [0, 0.05) is 39.1 Å². The second-order valence-electron chi connectivity index (χ2n) is 6.29. The first-order chi connectivity index (χ1) is 11.3. The minimum absolute atomic E-state index is 0.00493. The van der Waals surface area contributed by atoms with Gasteiger partial charge in [0.05, 0.1) is 6.61 Å². The molecule has 1 N–H and O–H groups in total. The number of aromatic nitrogens is 1. The van der Waals surface area contributed by atoms with E-state index in [-0.39, 0.29) is 6.03 Å². The third-order valence-corrected chi connectivity index (χ3v) is 4.58. The van der Waals surface area contributed by atoms with Crippen molar-refractivity contribution in [3.8, 4) is 0 Å². The van der Waals surface area contributed by atoms with E-state index in [0.29, 0.717) is 19.7 Å². The lowest BCUT2D eigenvalue weighted by Crippen LogP contribution is -2.42. The highest BCUT2D eigenvalue weighted by molar-refractivity contribution is 5.74. The van der Waals surface area contributed by atoms with Gasteiger partial charge in [0.25, 0.3) is 0 Å². The molecule has 0 aromatic carbocycles. The summed E-state index contributed by atoms with van der Waals surface area (Å²) in [5.74, 6) is 0.779. The molecule has 2 rings (SSSR count). The Hall–Kier alpha value is -1.62.